The molecule has 7 nitrogen and oxygen atoms in total. The van der Waals surface area contributed by atoms with Crippen LogP contribution in [0.1, 0.15) is 34.8 Å². The van der Waals surface area contributed by atoms with Gasteiger partial charge in [-0.05, 0) is 29.9 Å². The molecule has 4 N–H and O–H groups in total. The highest BCUT2D eigenvalue weighted by Crippen LogP contribution is 2.40. The highest BCUT2D eigenvalue weighted by molar-refractivity contribution is 5.99. The van der Waals surface area contributed by atoms with Crippen molar-refractivity contribution in [1.82, 2.24) is 9.13 Å². The fraction of sp³-hybridized carbons (Fsp3) is 0.182. The van der Waals surface area contributed by atoms with Crippen molar-refractivity contribution in [2.24, 2.45) is 0 Å². The number of fused-ring (bicyclic) bond motifs is 2. The first-order valence-corrected chi connectivity index (χ1v) is 9.62. The topological polar surface area (TPSA) is 110 Å². The largest absolute Gasteiger partial charge is 0.477 e. The number of hydrogen-bond acceptors (Lipinski definition) is 4. The summed E-state index contributed by atoms with van der Waals surface area (Å²) in [6.07, 6.45) is 5.50. The van der Waals surface area contributed by atoms with Crippen molar-refractivity contribution in [2.75, 3.05) is 5.73 Å². The molecule has 158 valence electrons. The molecule has 0 saturated heterocycles. The lowest BCUT2D eigenvalue weighted by Crippen LogP contribution is -2.22. The van der Waals surface area contributed by atoms with E-state index >= 15 is 8.78 Å². The molecule has 4 aromatic rings. The van der Waals surface area contributed by atoms with Crippen molar-refractivity contribution in [3.05, 3.63) is 69.8 Å². The summed E-state index contributed by atoms with van der Waals surface area (Å²) in [4.78, 5) is 24.2. The normalized spacial score (nSPS) is 13.9. The van der Waals surface area contributed by atoms with Gasteiger partial charge in [0.25, 0.3) is 0 Å². The van der Waals surface area contributed by atoms with Gasteiger partial charge in [0.2, 0.25) is 5.43 Å². The number of halogens is 2. The number of anilines is 1. The number of carbonyl (C=O) groups is 1. The van der Waals surface area contributed by atoms with Gasteiger partial charge in [0.05, 0.1) is 23.2 Å². The Balaban J connectivity index is 1.87. The molecule has 0 spiro atoms. The zero-order valence-electron chi connectivity index (χ0n) is 16.1. The second-order valence-corrected chi connectivity index (χ2v) is 7.72. The van der Waals surface area contributed by atoms with Gasteiger partial charge in [-0.15, -0.1) is 0 Å². The number of nitrogens with two attached hydrogens (primary N) is 1. The summed E-state index contributed by atoms with van der Waals surface area (Å²) in [7, 11) is 0. The van der Waals surface area contributed by atoms with Gasteiger partial charge in [0.1, 0.15) is 11.3 Å². The SMILES string of the molecule is Nc1c(F)c(-n2cc3ccc(CO)cc3c2)c(F)c2c1c(=O)c(C(=O)O)cn2C1CC1. The Morgan fingerprint density at radius 2 is 1.84 bits per heavy atom. The molecule has 2 heterocycles. The van der Waals surface area contributed by atoms with E-state index in [2.05, 4.69) is 0 Å². The number of aliphatic hydroxyl groups excluding tert-OH is 1. The molecule has 0 radical (unpaired) electrons. The van der Waals surface area contributed by atoms with Gasteiger partial charge in [-0.3, -0.25) is 4.79 Å². The van der Waals surface area contributed by atoms with Crippen LogP contribution in [0, 0.1) is 11.6 Å². The van der Waals surface area contributed by atoms with E-state index in [1.165, 1.54) is 21.5 Å². The molecule has 2 aromatic carbocycles. The summed E-state index contributed by atoms with van der Waals surface area (Å²) in [5, 5.41) is 19.6. The molecule has 1 aliphatic rings. The third-order valence-corrected chi connectivity index (χ3v) is 5.68. The molecule has 5 rings (SSSR count). The summed E-state index contributed by atoms with van der Waals surface area (Å²) in [5.41, 5.74) is 3.71. The molecule has 0 aliphatic heterocycles. The number of nitrogen functional groups attached to an aromatic ring is 1. The van der Waals surface area contributed by atoms with Crippen molar-refractivity contribution < 1.29 is 23.8 Å². The van der Waals surface area contributed by atoms with E-state index in [4.69, 9.17) is 5.73 Å². The predicted octanol–water partition coefficient (Wildman–Crippen LogP) is 3.33. The lowest BCUT2D eigenvalue weighted by Gasteiger charge is -2.17. The maximum atomic E-state index is 15.8. The predicted molar refractivity (Wildman–Crippen MR) is 111 cm³/mol. The average molecular weight is 425 g/mol. The molecular formula is C22H17F2N3O4. The number of benzene rings is 2. The lowest BCUT2D eigenvalue weighted by molar-refractivity contribution is 0.0695. The highest BCUT2D eigenvalue weighted by Gasteiger charge is 2.32. The maximum absolute atomic E-state index is 15.8. The van der Waals surface area contributed by atoms with Crippen molar-refractivity contribution in [3.8, 4) is 5.69 Å². The fourth-order valence-corrected chi connectivity index (χ4v) is 3.99. The van der Waals surface area contributed by atoms with Crippen molar-refractivity contribution in [2.45, 2.75) is 25.5 Å². The van der Waals surface area contributed by atoms with Crippen molar-refractivity contribution in [3.63, 3.8) is 0 Å². The smallest absolute Gasteiger partial charge is 0.341 e. The van der Waals surface area contributed by atoms with Gasteiger partial charge in [-0.25, -0.2) is 13.6 Å². The molecule has 9 heteroatoms. The van der Waals surface area contributed by atoms with E-state index in [9.17, 15) is 19.8 Å². The first-order chi connectivity index (χ1) is 14.8. The van der Waals surface area contributed by atoms with Crippen LogP contribution in [0.3, 0.4) is 0 Å². The molecule has 0 amide bonds. The summed E-state index contributed by atoms with van der Waals surface area (Å²) in [5.74, 6) is -3.62. The Bertz CT molecular complexity index is 1470. The van der Waals surface area contributed by atoms with Crippen LogP contribution in [0.5, 0.6) is 0 Å². The zero-order chi connectivity index (χ0) is 22.0. The van der Waals surface area contributed by atoms with Gasteiger partial charge < -0.3 is 25.1 Å². The average Bonchev–Trinajstić information content (AvgIpc) is 3.50. The minimum absolute atomic E-state index is 0.174. The Morgan fingerprint density at radius 3 is 2.48 bits per heavy atom. The summed E-state index contributed by atoms with van der Waals surface area (Å²) >= 11 is 0. The van der Waals surface area contributed by atoms with Crippen LogP contribution in [0.4, 0.5) is 14.5 Å². The summed E-state index contributed by atoms with van der Waals surface area (Å²) in [6.45, 7) is -0.174. The number of carboxylic acids is 1. The van der Waals surface area contributed by atoms with E-state index in [0.717, 1.165) is 6.20 Å². The van der Waals surface area contributed by atoms with Crippen LogP contribution < -0.4 is 11.2 Å². The quantitative estimate of drug-likeness (QED) is 0.435. The molecule has 2 aromatic heterocycles. The molecule has 31 heavy (non-hydrogen) atoms. The lowest BCUT2D eigenvalue weighted by atomic mass is 10.1. The minimum atomic E-state index is -1.48. The first kappa shape index (κ1) is 19.3. The number of hydrogen-bond donors (Lipinski definition) is 3. The van der Waals surface area contributed by atoms with E-state index in [1.807, 2.05) is 0 Å². The maximum Gasteiger partial charge on any atom is 0.341 e. The Hall–Kier alpha value is -3.72. The van der Waals surface area contributed by atoms with Crippen molar-refractivity contribution in [1.29, 1.82) is 0 Å². The Labute approximate surface area is 173 Å². The van der Waals surface area contributed by atoms with E-state index in [1.54, 1.807) is 18.2 Å². The number of rotatable bonds is 4. The summed E-state index contributed by atoms with van der Waals surface area (Å²) < 4.78 is 33.7. The number of carboxylic acid groups (broad SMARTS) is 1. The molecule has 1 saturated carbocycles. The Kier molecular flexibility index (Phi) is 4.13. The molecular weight excluding hydrogens is 408 g/mol. The molecule has 1 fully saturated rings. The summed E-state index contributed by atoms with van der Waals surface area (Å²) in [6, 6.07) is 4.93. The van der Waals surface area contributed by atoms with Crippen LogP contribution in [-0.4, -0.2) is 25.3 Å². The van der Waals surface area contributed by atoms with Gasteiger partial charge in [-0.2, -0.15) is 0 Å². The number of nitrogens with zero attached hydrogens (tertiary/aromatic N) is 2. The molecule has 0 bridgehead atoms. The zero-order valence-corrected chi connectivity index (χ0v) is 16.1. The second-order valence-electron chi connectivity index (χ2n) is 7.72. The van der Waals surface area contributed by atoms with Crippen LogP contribution in [-0.2, 0) is 6.61 Å². The first-order valence-electron chi connectivity index (χ1n) is 9.62. The number of aromatic nitrogens is 2. The third kappa shape index (κ3) is 2.81. The van der Waals surface area contributed by atoms with Crippen LogP contribution in [0.15, 0.2) is 41.6 Å². The minimum Gasteiger partial charge on any atom is -0.477 e. The third-order valence-electron chi connectivity index (χ3n) is 5.68. The van der Waals surface area contributed by atoms with E-state index < -0.39 is 45.4 Å². The number of pyridine rings is 1. The van der Waals surface area contributed by atoms with Crippen molar-refractivity contribution >= 4 is 33.3 Å². The van der Waals surface area contributed by atoms with Gasteiger partial charge in [0.15, 0.2) is 11.6 Å². The monoisotopic (exact) mass is 425 g/mol. The fourth-order valence-electron chi connectivity index (χ4n) is 3.99. The van der Waals surface area contributed by atoms with Gasteiger partial charge >= 0.3 is 5.97 Å². The molecule has 1 aliphatic carbocycles. The Morgan fingerprint density at radius 1 is 1.13 bits per heavy atom. The second kappa shape index (κ2) is 6.64. The van der Waals surface area contributed by atoms with Crippen LogP contribution in [0.2, 0.25) is 0 Å². The molecule has 0 atom stereocenters. The standard InChI is InChI=1S/C22H17F2N3O4/c23-16-18(25)15-19(27(13-3-4-13)8-14(21(15)29)22(30)31)17(24)20(16)26-6-11-2-1-10(9-28)5-12(11)7-26/h1-2,5-8,13,28H,3-4,9,25H2,(H,30,31). The van der Waals surface area contributed by atoms with Gasteiger partial charge in [0, 0.05) is 30.0 Å². The van der Waals surface area contributed by atoms with Crippen LogP contribution in [0.25, 0.3) is 27.4 Å². The number of aliphatic hydroxyl groups is 1. The number of aromatic carboxylic acids is 1. The van der Waals surface area contributed by atoms with E-state index in [-0.39, 0.29) is 18.2 Å². The van der Waals surface area contributed by atoms with Crippen LogP contribution >= 0.6 is 0 Å². The highest BCUT2D eigenvalue weighted by atomic mass is 19.1. The molecule has 0 unspecified atom stereocenters. The van der Waals surface area contributed by atoms with Gasteiger partial charge in [-0.1, -0.05) is 12.1 Å². The van der Waals surface area contributed by atoms with E-state index in [0.29, 0.717) is 29.2 Å².